The molecule has 2 rings (SSSR count). The Labute approximate surface area is 91.8 Å². The van der Waals surface area contributed by atoms with E-state index in [1.807, 2.05) is 6.07 Å². The van der Waals surface area contributed by atoms with Gasteiger partial charge in [-0.2, -0.15) is 0 Å². The van der Waals surface area contributed by atoms with Gasteiger partial charge in [-0.25, -0.2) is 4.98 Å². The predicted molar refractivity (Wildman–Crippen MR) is 61.8 cm³/mol. The van der Waals surface area contributed by atoms with Crippen LogP contribution in [0.2, 0.25) is 0 Å². The van der Waals surface area contributed by atoms with E-state index in [4.69, 9.17) is 0 Å². The molecule has 5 nitrogen and oxygen atoms in total. The van der Waals surface area contributed by atoms with Gasteiger partial charge in [-0.1, -0.05) is 0 Å². The Morgan fingerprint density at radius 2 is 2.25 bits per heavy atom. The van der Waals surface area contributed by atoms with Crippen molar-refractivity contribution in [2.24, 2.45) is 5.18 Å². The molecule has 2 aromatic rings. The molecule has 0 saturated heterocycles. The molecule has 82 valence electrons. The molecule has 16 heavy (non-hydrogen) atoms. The van der Waals surface area contributed by atoms with Gasteiger partial charge in [0.2, 0.25) is 0 Å². The van der Waals surface area contributed by atoms with Crippen LogP contribution in [-0.2, 0) is 0 Å². The van der Waals surface area contributed by atoms with E-state index >= 15 is 0 Å². The third-order valence-corrected chi connectivity index (χ3v) is 2.61. The summed E-state index contributed by atoms with van der Waals surface area (Å²) in [5.41, 5.74) is 2.17. The minimum atomic E-state index is 0.00852. The van der Waals surface area contributed by atoms with Gasteiger partial charge >= 0.3 is 0 Å². The highest BCUT2D eigenvalue weighted by Crippen LogP contribution is 2.33. The van der Waals surface area contributed by atoms with E-state index in [1.165, 1.54) is 0 Å². The van der Waals surface area contributed by atoms with Gasteiger partial charge in [-0.15, -0.1) is 4.91 Å². The van der Waals surface area contributed by atoms with Crippen LogP contribution in [0.15, 0.2) is 29.2 Å². The first kappa shape index (κ1) is 10.4. The minimum absolute atomic E-state index is 0.00852. The second-order valence-corrected chi connectivity index (χ2v) is 3.55. The Morgan fingerprint density at radius 3 is 2.94 bits per heavy atom. The molecule has 0 spiro atoms. The van der Waals surface area contributed by atoms with Crippen LogP contribution < -0.4 is 0 Å². The van der Waals surface area contributed by atoms with E-state index in [2.05, 4.69) is 15.1 Å². The number of aromatic nitrogens is 2. The number of rotatable bonds is 2. The number of fused-ring (bicyclic) bond motifs is 1. The highest BCUT2D eigenvalue weighted by Gasteiger charge is 2.14. The van der Waals surface area contributed by atoms with E-state index in [0.29, 0.717) is 22.5 Å². The molecule has 2 heterocycles. The lowest BCUT2D eigenvalue weighted by Gasteiger charge is -2.00. The molecule has 0 fully saturated rings. The number of nitrogens with zero attached hydrogens (tertiary/aromatic N) is 2. The first-order valence-electron chi connectivity index (χ1n) is 4.82. The summed E-state index contributed by atoms with van der Waals surface area (Å²) >= 11 is 0. The number of nitroso groups, excluding NO2 is 1. The molecule has 0 radical (unpaired) electrons. The zero-order valence-corrected chi connectivity index (χ0v) is 8.98. The van der Waals surface area contributed by atoms with Crippen LogP contribution in [0, 0.1) is 4.91 Å². The molecule has 0 atom stereocenters. The van der Waals surface area contributed by atoms with E-state index in [9.17, 15) is 10.0 Å². The maximum atomic E-state index is 10.5. The van der Waals surface area contributed by atoms with Gasteiger partial charge in [0.1, 0.15) is 5.65 Å². The third-order valence-electron chi connectivity index (χ3n) is 2.61. The molecule has 0 aromatic carbocycles. The average Bonchev–Trinajstić information content (AvgIpc) is 2.63. The fourth-order valence-corrected chi connectivity index (χ4v) is 1.64. The van der Waals surface area contributed by atoms with Crippen LogP contribution in [-0.4, -0.2) is 15.1 Å². The van der Waals surface area contributed by atoms with E-state index in [1.54, 1.807) is 26.1 Å². The lowest BCUT2D eigenvalue weighted by atomic mass is 10.1. The Balaban J connectivity index is 2.78. The Morgan fingerprint density at radius 1 is 1.50 bits per heavy atom. The molecule has 0 unspecified atom stereocenters. The number of aromatic hydroxyl groups is 1. The molecule has 0 saturated carbocycles. The van der Waals surface area contributed by atoms with Crippen molar-refractivity contribution in [3.8, 4) is 5.88 Å². The van der Waals surface area contributed by atoms with E-state index in [-0.39, 0.29) is 5.88 Å². The number of hydrogen-bond donors (Lipinski definition) is 2. The molecule has 0 aliphatic carbocycles. The summed E-state index contributed by atoms with van der Waals surface area (Å²) in [5, 5.41) is 13.4. The molecular formula is C11H11N3O2. The topological polar surface area (TPSA) is 78.3 Å². The fourth-order valence-electron chi connectivity index (χ4n) is 1.64. The van der Waals surface area contributed by atoms with Crippen molar-refractivity contribution in [3.63, 3.8) is 0 Å². The Hall–Kier alpha value is -2.17. The number of hydrogen-bond acceptors (Lipinski definition) is 4. The fraction of sp³-hybridized carbons (Fsp3) is 0.182. The van der Waals surface area contributed by atoms with Crippen molar-refractivity contribution in [2.45, 2.75) is 13.8 Å². The van der Waals surface area contributed by atoms with Crippen LogP contribution in [0.5, 0.6) is 5.88 Å². The number of allylic oxidation sites excluding steroid dienone is 2. The molecule has 2 aromatic heterocycles. The van der Waals surface area contributed by atoms with Gasteiger partial charge in [-0.3, -0.25) is 0 Å². The van der Waals surface area contributed by atoms with Crippen molar-refractivity contribution in [2.75, 3.05) is 0 Å². The van der Waals surface area contributed by atoms with Crippen molar-refractivity contribution < 1.29 is 5.11 Å². The highest BCUT2D eigenvalue weighted by molar-refractivity contribution is 5.93. The van der Waals surface area contributed by atoms with Gasteiger partial charge < -0.3 is 10.1 Å². The van der Waals surface area contributed by atoms with E-state index < -0.39 is 0 Å². The van der Waals surface area contributed by atoms with Gasteiger partial charge in [0.25, 0.3) is 0 Å². The van der Waals surface area contributed by atoms with E-state index in [0.717, 1.165) is 5.39 Å². The summed E-state index contributed by atoms with van der Waals surface area (Å²) in [6, 6.07) is 3.60. The molecule has 0 bridgehead atoms. The van der Waals surface area contributed by atoms with Gasteiger partial charge in [0.15, 0.2) is 5.88 Å². The predicted octanol–water partition coefficient (Wildman–Crippen LogP) is 2.79. The molecule has 0 aliphatic rings. The third kappa shape index (κ3) is 1.46. The number of H-pyrrole nitrogens is 1. The standard InChI is InChI=1S/C11H11N3O2/c1-6(7(2)14-16)9-8-4-3-5-12-10(8)13-11(9)15/h3-5,15H,1-2H3,(H,12,13)/b7-6+. The summed E-state index contributed by atoms with van der Waals surface area (Å²) in [6.45, 7) is 3.35. The molecule has 2 N–H and O–H groups in total. The van der Waals surface area contributed by atoms with Crippen LogP contribution >= 0.6 is 0 Å². The molecule has 5 heteroatoms. The lowest BCUT2D eigenvalue weighted by Crippen LogP contribution is -1.82. The first-order valence-corrected chi connectivity index (χ1v) is 4.82. The second kappa shape index (κ2) is 3.77. The zero-order valence-electron chi connectivity index (χ0n) is 8.98. The largest absolute Gasteiger partial charge is 0.494 e. The van der Waals surface area contributed by atoms with Crippen LogP contribution in [0.1, 0.15) is 19.4 Å². The molecule has 0 aliphatic heterocycles. The average molecular weight is 217 g/mol. The Bertz CT molecular complexity index is 584. The maximum Gasteiger partial charge on any atom is 0.198 e. The van der Waals surface area contributed by atoms with Crippen LogP contribution in [0.3, 0.4) is 0 Å². The summed E-state index contributed by atoms with van der Waals surface area (Å²) in [6.07, 6.45) is 1.63. The van der Waals surface area contributed by atoms with Crippen LogP contribution in [0.4, 0.5) is 0 Å². The SMILES string of the molecule is C/C(N=O)=C(/C)c1c(O)[nH]c2ncccc12. The summed E-state index contributed by atoms with van der Waals surface area (Å²) in [7, 11) is 0. The van der Waals surface area contributed by atoms with Crippen molar-refractivity contribution >= 4 is 16.6 Å². The van der Waals surface area contributed by atoms with Gasteiger partial charge in [0, 0.05) is 11.6 Å². The first-order chi connectivity index (χ1) is 7.65. The smallest absolute Gasteiger partial charge is 0.198 e. The molecular weight excluding hydrogens is 206 g/mol. The number of nitrogens with one attached hydrogen (secondary N) is 1. The molecule has 0 amide bonds. The lowest BCUT2D eigenvalue weighted by molar-refractivity contribution is 0.456. The highest BCUT2D eigenvalue weighted by atomic mass is 16.3. The van der Waals surface area contributed by atoms with Gasteiger partial charge in [0.05, 0.1) is 11.3 Å². The summed E-state index contributed by atoms with van der Waals surface area (Å²) in [4.78, 5) is 17.3. The summed E-state index contributed by atoms with van der Waals surface area (Å²) < 4.78 is 0. The minimum Gasteiger partial charge on any atom is -0.494 e. The number of pyridine rings is 1. The van der Waals surface area contributed by atoms with Crippen molar-refractivity contribution in [1.29, 1.82) is 0 Å². The summed E-state index contributed by atoms with van der Waals surface area (Å²) in [5.74, 6) is 0.00852. The maximum absolute atomic E-state index is 10.5. The second-order valence-electron chi connectivity index (χ2n) is 3.55. The quantitative estimate of drug-likeness (QED) is 0.759. The zero-order chi connectivity index (χ0) is 11.7. The number of aromatic amines is 1. The van der Waals surface area contributed by atoms with Gasteiger partial charge in [-0.05, 0) is 36.7 Å². The Kier molecular flexibility index (Phi) is 2.44. The normalized spacial score (nSPS) is 12.6. The van der Waals surface area contributed by atoms with Crippen LogP contribution in [0.25, 0.3) is 16.6 Å². The van der Waals surface area contributed by atoms with Crippen molar-refractivity contribution in [3.05, 3.63) is 34.5 Å². The van der Waals surface area contributed by atoms with Crippen molar-refractivity contribution in [1.82, 2.24) is 9.97 Å². The monoisotopic (exact) mass is 217 g/mol.